The van der Waals surface area contributed by atoms with E-state index in [1.54, 1.807) is 41.3 Å². The Hall–Kier alpha value is -3.84. The van der Waals surface area contributed by atoms with Crippen LogP contribution in [0.4, 0.5) is 4.39 Å². The maximum absolute atomic E-state index is 14.7. The van der Waals surface area contributed by atoms with Crippen LogP contribution in [-0.4, -0.2) is 54.5 Å². The third-order valence-electron chi connectivity index (χ3n) is 7.96. The van der Waals surface area contributed by atoms with Crippen LogP contribution in [0.1, 0.15) is 75.0 Å². The zero-order valence-corrected chi connectivity index (χ0v) is 25.3. The predicted molar refractivity (Wildman–Crippen MR) is 160 cm³/mol. The molecule has 3 N–H and O–H groups in total. The lowest BCUT2D eigenvalue weighted by atomic mass is 9.76. The van der Waals surface area contributed by atoms with Crippen molar-refractivity contribution in [3.05, 3.63) is 105 Å². The highest BCUT2D eigenvalue weighted by Crippen LogP contribution is 2.46. The molecule has 0 bridgehead atoms. The topological polar surface area (TPSA) is 142 Å². The fourth-order valence-electron chi connectivity index (χ4n) is 6.14. The van der Waals surface area contributed by atoms with Crippen molar-refractivity contribution in [1.29, 1.82) is 0 Å². The van der Waals surface area contributed by atoms with Gasteiger partial charge in [0.1, 0.15) is 5.82 Å². The van der Waals surface area contributed by atoms with Crippen molar-refractivity contribution >= 4 is 39.4 Å². The Morgan fingerprint density at radius 3 is 2.50 bits per heavy atom. The monoisotopic (exact) mass is 643 g/mol. The summed E-state index contributed by atoms with van der Waals surface area (Å²) < 4.78 is 42.0. The molecule has 3 aromatic carbocycles. The minimum atomic E-state index is -3.63. The number of sulfonamides is 1. The van der Waals surface area contributed by atoms with Crippen molar-refractivity contribution in [3.8, 4) is 0 Å². The highest BCUT2D eigenvalue weighted by molar-refractivity contribution is 7.88. The summed E-state index contributed by atoms with van der Waals surface area (Å²) in [5.74, 6) is -4.04. The number of hydrogen-bond acceptors (Lipinski definition) is 6. The van der Waals surface area contributed by atoms with Crippen LogP contribution in [0.5, 0.6) is 0 Å². The second-order valence-corrected chi connectivity index (χ2v) is 13.2. The lowest BCUT2D eigenvalue weighted by Gasteiger charge is -2.49. The number of hydroxylamine groups is 1. The zero-order chi connectivity index (χ0) is 31.6. The van der Waals surface area contributed by atoms with E-state index < -0.39 is 57.7 Å². The predicted octanol–water partition coefficient (Wildman–Crippen LogP) is 4.57. The summed E-state index contributed by atoms with van der Waals surface area (Å²) in [6.45, 7) is -0.160. The summed E-state index contributed by atoms with van der Waals surface area (Å²) in [6, 6.07) is 14.1. The largest absolute Gasteiger partial charge is 0.478 e. The van der Waals surface area contributed by atoms with Crippen molar-refractivity contribution in [2.75, 3.05) is 6.26 Å². The number of fused-ring (bicyclic) bond motifs is 1. The number of carbonyl (C=O) groups is 3. The molecule has 1 fully saturated rings. The number of nitrogens with zero attached hydrogens (tertiary/aromatic N) is 1. The van der Waals surface area contributed by atoms with Gasteiger partial charge in [-0.3, -0.25) is 14.4 Å². The SMILES string of the molecule is CS(=O)(=O)N[C@H]1CCCC[C@@H]1N1C(=O)c2ccc(F)cc2[C@@H](C(=O)NOCc2cccc(C(=O)O)c2)[C@@H]1c1ccc(Cl)cc1. The van der Waals surface area contributed by atoms with Crippen LogP contribution >= 0.6 is 11.6 Å². The summed E-state index contributed by atoms with van der Waals surface area (Å²) in [5, 5.41) is 9.71. The Balaban J connectivity index is 1.56. The smallest absolute Gasteiger partial charge is 0.335 e. The molecule has 3 aromatic rings. The molecule has 5 rings (SSSR count). The number of aromatic carboxylic acids is 1. The maximum atomic E-state index is 14.7. The number of halogens is 2. The van der Waals surface area contributed by atoms with Gasteiger partial charge in [0.25, 0.3) is 11.8 Å². The number of carbonyl (C=O) groups excluding carboxylic acids is 2. The van der Waals surface area contributed by atoms with Crippen molar-refractivity contribution in [2.45, 2.75) is 56.3 Å². The Labute approximate surface area is 259 Å². The molecule has 13 heteroatoms. The van der Waals surface area contributed by atoms with E-state index in [0.29, 0.717) is 29.0 Å². The molecule has 0 spiro atoms. The van der Waals surface area contributed by atoms with Crippen molar-refractivity contribution in [3.63, 3.8) is 0 Å². The zero-order valence-electron chi connectivity index (χ0n) is 23.7. The number of nitrogens with one attached hydrogen (secondary N) is 2. The Morgan fingerprint density at radius 1 is 1.07 bits per heavy atom. The third kappa shape index (κ3) is 6.94. The van der Waals surface area contributed by atoms with Crippen molar-refractivity contribution in [1.82, 2.24) is 15.1 Å². The van der Waals surface area contributed by atoms with Gasteiger partial charge in [-0.2, -0.15) is 0 Å². The second-order valence-electron chi connectivity index (χ2n) is 11.0. The van der Waals surface area contributed by atoms with Crippen LogP contribution in [-0.2, 0) is 26.3 Å². The highest BCUT2D eigenvalue weighted by Gasteiger charge is 2.49. The third-order valence-corrected chi connectivity index (χ3v) is 8.94. The highest BCUT2D eigenvalue weighted by atomic mass is 35.5. The van der Waals surface area contributed by atoms with Crippen LogP contribution in [0.25, 0.3) is 0 Å². The fraction of sp³-hybridized carbons (Fsp3) is 0.323. The number of carboxylic acid groups (broad SMARTS) is 1. The van der Waals surface area contributed by atoms with Crippen LogP contribution in [0.15, 0.2) is 66.7 Å². The number of hydrogen-bond donors (Lipinski definition) is 3. The van der Waals surface area contributed by atoms with Crippen molar-refractivity contribution < 1.29 is 37.1 Å². The van der Waals surface area contributed by atoms with E-state index in [0.717, 1.165) is 31.2 Å². The van der Waals surface area contributed by atoms with Crippen LogP contribution in [0, 0.1) is 5.82 Å². The number of carboxylic acids is 1. The second kappa shape index (κ2) is 13.0. The molecule has 4 atom stereocenters. The first kappa shape index (κ1) is 31.6. The van der Waals surface area contributed by atoms with Crippen molar-refractivity contribution in [2.24, 2.45) is 0 Å². The average Bonchev–Trinajstić information content (AvgIpc) is 2.97. The quantitative estimate of drug-likeness (QED) is 0.290. The number of rotatable bonds is 9. The van der Waals surface area contributed by atoms with E-state index in [1.165, 1.54) is 18.2 Å². The Morgan fingerprint density at radius 2 is 1.80 bits per heavy atom. The lowest BCUT2D eigenvalue weighted by molar-refractivity contribution is -0.138. The summed E-state index contributed by atoms with van der Waals surface area (Å²) in [5.41, 5.74) is 3.78. The molecule has 0 radical (unpaired) electrons. The van der Waals surface area contributed by atoms with E-state index in [4.69, 9.17) is 16.4 Å². The van der Waals surface area contributed by atoms with Gasteiger partial charge >= 0.3 is 5.97 Å². The molecule has 44 heavy (non-hydrogen) atoms. The molecule has 2 aliphatic rings. The summed E-state index contributed by atoms with van der Waals surface area (Å²) in [4.78, 5) is 46.6. The van der Waals surface area contributed by atoms with Gasteiger partial charge in [0.2, 0.25) is 10.0 Å². The minimum absolute atomic E-state index is 0.0517. The molecule has 1 aliphatic heterocycles. The van der Waals surface area contributed by atoms with E-state index in [1.807, 2.05) is 0 Å². The van der Waals surface area contributed by atoms with Gasteiger partial charge in [-0.15, -0.1) is 0 Å². The minimum Gasteiger partial charge on any atom is -0.478 e. The van der Waals surface area contributed by atoms with E-state index in [2.05, 4.69) is 10.2 Å². The summed E-state index contributed by atoms with van der Waals surface area (Å²) >= 11 is 6.18. The molecule has 0 unspecified atom stereocenters. The van der Waals surface area contributed by atoms with Gasteiger partial charge in [0.15, 0.2) is 0 Å². The van der Waals surface area contributed by atoms with Gasteiger partial charge in [0, 0.05) is 22.7 Å². The number of amides is 2. The maximum Gasteiger partial charge on any atom is 0.335 e. The van der Waals surface area contributed by atoms with Gasteiger partial charge in [-0.25, -0.2) is 27.8 Å². The van der Waals surface area contributed by atoms with Gasteiger partial charge in [-0.1, -0.05) is 48.7 Å². The molecule has 1 heterocycles. The molecule has 232 valence electrons. The molecule has 0 aromatic heterocycles. The fourth-order valence-corrected chi connectivity index (χ4v) is 7.09. The lowest BCUT2D eigenvalue weighted by Crippen LogP contribution is -2.59. The normalized spacial score (nSPS) is 21.9. The van der Waals surface area contributed by atoms with Crippen LogP contribution in [0.3, 0.4) is 0 Å². The molecule has 2 amide bonds. The molecular weight excluding hydrogens is 613 g/mol. The molecule has 0 saturated heterocycles. The summed E-state index contributed by atoms with van der Waals surface area (Å²) in [6.07, 6.45) is 3.51. The van der Waals surface area contributed by atoms with E-state index in [-0.39, 0.29) is 23.3 Å². The van der Waals surface area contributed by atoms with Gasteiger partial charge in [0.05, 0.1) is 30.4 Å². The van der Waals surface area contributed by atoms with E-state index in [9.17, 15) is 32.3 Å². The molecule has 10 nitrogen and oxygen atoms in total. The van der Waals surface area contributed by atoms with Crippen LogP contribution in [0.2, 0.25) is 5.02 Å². The first-order valence-electron chi connectivity index (χ1n) is 14.0. The van der Waals surface area contributed by atoms with Crippen LogP contribution < -0.4 is 10.2 Å². The molecule has 1 saturated carbocycles. The molecular formula is C31H31ClFN3O7S. The standard InChI is InChI=1S/C31H31ClFN3O7S/c1-44(41,42)35-25-7-2-3-8-26(25)36-28(19-9-11-21(32)12-10-19)27(24-16-22(33)13-14-23(24)30(36)38)29(37)34-43-17-18-5-4-6-20(15-18)31(39)40/h4-6,9-16,25-28,35H,2-3,7-8,17H2,1H3,(H,34,37)(H,39,40)/t25-,26-,27+,28-/m0/s1. The molecule has 1 aliphatic carbocycles. The Bertz CT molecular complexity index is 1690. The first-order chi connectivity index (χ1) is 20.9. The van der Waals surface area contributed by atoms with Gasteiger partial charge < -0.3 is 10.0 Å². The number of benzene rings is 3. The van der Waals surface area contributed by atoms with Gasteiger partial charge in [-0.05, 0) is 72.0 Å². The Kier molecular flexibility index (Phi) is 9.35. The summed E-state index contributed by atoms with van der Waals surface area (Å²) in [7, 11) is -3.63. The average molecular weight is 644 g/mol. The first-order valence-corrected chi connectivity index (χ1v) is 16.3. The van der Waals surface area contributed by atoms with E-state index >= 15 is 0 Å².